The van der Waals surface area contributed by atoms with E-state index < -0.39 is 0 Å². The van der Waals surface area contributed by atoms with Crippen LogP contribution in [0, 0.1) is 11.7 Å². The highest BCUT2D eigenvalue weighted by atomic mass is 19.1. The maximum absolute atomic E-state index is 13.1. The van der Waals surface area contributed by atoms with E-state index >= 15 is 0 Å². The van der Waals surface area contributed by atoms with Crippen LogP contribution < -0.4 is 5.32 Å². The number of hydrogen-bond acceptors (Lipinski definition) is 4. The first-order valence-corrected chi connectivity index (χ1v) is 9.87. The number of hydrogen-bond donors (Lipinski definition) is 1. The van der Waals surface area contributed by atoms with E-state index in [1.54, 1.807) is 12.1 Å². The van der Waals surface area contributed by atoms with Crippen LogP contribution >= 0.6 is 0 Å². The summed E-state index contributed by atoms with van der Waals surface area (Å²) in [6.45, 7) is 8.01. The molecule has 0 unspecified atom stereocenters. The summed E-state index contributed by atoms with van der Waals surface area (Å²) in [4.78, 5) is 19.6. The maximum atomic E-state index is 13.1. The molecule has 4 heterocycles. The number of piperidine rings is 1. The van der Waals surface area contributed by atoms with Crippen LogP contribution in [-0.4, -0.2) is 79.0 Å². The van der Waals surface area contributed by atoms with Gasteiger partial charge in [-0.25, -0.2) is 4.39 Å². The first-order valence-electron chi connectivity index (χ1n) is 9.87. The van der Waals surface area contributed by atoms with E-state index in [0.29, 0.717) is 18.5 Å². The third kappa shape index (κ3) is 4.24. The number of piperazine rings is 1. The Labute approximate surface area is 155 Å². The summed E-state index contributed by atoms with van der Waals surface area (Å²) >= 11 is 0. The molecule has 4 saturated heterocycles. The number of benzene rings is 1. The molecule has 26 heavy (non-hydrogen) atoms. The van der Waals surface area contributed by atoms with E-state index in [4.69, 9.17) is 0 Å². The Kier molecular flexibility index (Phi) is 5.52. The number of nitrogens with zero attached hydrogens (tertiary/aromatic N) is 3. The maximum Gasteiger partial charge on any atom is 0.236 e. The number of carbonyl (C=O) groups is 1. The summed E-state index contributed by atoms with van der Waals surface area (Å²) < 4.78 is 13.1. The molecule has 1 N–H and O–H groups in total. The van der Waals surface area contributed by atoms with E-state index in [1.165, 1.54) is 12.8 Å². The van der Waals surface area contributed by atoms with E-state index in [-0.39, 0.29) is 11.7 Å². The largest absolute Gasteiger partial charge is 0.339 e. The molecular formula is C20H29FN4O. The van der Waals surface area contributed by atoms with Gasteiger partial charge in [0.2, 0.25) is 5.91 Å². The molecule has 2 bridgehead atoms. The highest BCUT2D eigenvalue weighted by Gasteiger charge is 2.36. The summed E-state index contributed by atoms with van der Waals surface area (Å²) in [5, 5.41) is 3.31. The molecule has 0 aliphatic carbocycles. The van der Waals surface area contributed by atoms with Crippen molar-refractivity contribution < 1.29 is 9.18 Å². The van der Waals surface area contributed by atoms with Crippen LogP contribution in [0.5, 0.6) is 0 Å². The first-order chi connectivity index (χ1) is 12.7. The number of fused-ring (bicyclic) bond motifs is 4. The second-order valence-corrected chi connectivity index (χ2v) is 7.98. The normalized spacial score (nSPS) is 27.5. The zero-order valence-electron chi connectivity index (χ0n) is 15.4. The van der Waals surface area contributed by atoms with Crippen molar-refractivity contribution in [3.63, 3.8) is 0 Å². The van der Waals surface area contributed by atoms with Crippen molar-refractivity contribution in [3.8, 4) is 0 Å². The van der Waals surface area contributed by atoms with E-state index in [1.807, 2.05) is 17.0 Å². The molecule has 5 nitrogen and oxygen atoms in total. The highest BCUT2D eigenvalue weighted by Crippen LogP contribution is 2.28. The average Bonchev–Trinajstić information content (AvgIpc) is 2.95. The second kappa shape index (κ2) is 8.03. The second-order valence-electron chi connectivity index (χ2n) is 7.98. The molecule has 142 valence electrons. The topological polar surface area (TPSA) is 38.8 Å². The molecule has 4 aliphatic rings. The Balaban J connectivity index is 1.36. The van der Waals surface area contributed by atoms with Crippen LogP contribution in [0.1, 0.15) is 18.4 Å². The van der Waals surface area contributed by atoms with Gasteiger partial charge in [0.1, 0.15) is 5.82 Å². The van der Waals surface area contributed by atoms with Crippen LogP contribution in [0.15, 0.2) is 24.3 Å². The Morgan fingerprint density at radius 2 is 1.85 bits per heavy atom. The Morgan fingerprint density at radius 1 is 1.08 bits per heavy atom. The van der Waals surface area contributed by atoms with Crippen LogP contribution in [0.4, 0.5) is 4.39 Å². The summed E-state index contributed by atoms with van der Waals surface area (Å²) in [5.74, 6) is 0.733. The summed E-state index contributed by atoms with van der Waals surface area (Å²) in [6.07, 6.45) is 2.43. The lowest BCUT2D eigenvalue weighted by Gasteiger charge is -2.37. The molecule has 6 heteroatoms. The van der Waals surface area contributed by atoms with Crippen molar-refractivity contribution >= 4 is 5.91 Å². The summed E-state index contributed by atoms with van der Waals surface area (Å²) in [6, 6.07) is 7.31. The molecule has 4 aliphatic heterocycles. The van der Waals surface area contributed by atoms with Gasteiger partial charge in [0.25, 0.3) is 0 Å². The Morgan fingerprint density at radius 3 is 2.62 bits per heavy atom. The van der Waals surface area contributed by atoms with Gasteiger partial charge in [0, 0.05) is 58.4 Å². The van der Waals surface area contributed by atoms with Gasteiger partial charge in [-0.05, 0) is 36.5 Å². The molecule has 4 fully saturated rings. The molecule has 0 saturated carbocycles. The molecule has 1 amide bonds. The monoisotopic (exact) mass is 360 g/mol. The van der Waals surface area contributed by atoms with Crippen LogP contribution in [-0.2, 0) is 11.3 Å². The lowest BCUT2D eigenvalue weighted by molar-refractivity contribution is -0.134. The fourth-order valence-electron chi connectivity index (χ4n) is 4.63. The predicted octanol–water partition coefficient (Wildman–Crippen LogP) is 1.15. The van der Waals surface area contributed by atoms with E-state index in [9.17, 15) is 9.18 Å². The van der Waals surface area contributed by atoms with Crippen molar-refractivity contribution in [3.05, 3.63) is 35.6 Å². The number of amides is 1. The smallest absolute Gasteiger partial charge is 0.236 e. The molecule has 1 aromatic rings. The van der Waals surface area contributed by atoms with Crippen molar-refractivity contribution in [1.29, 1.82) is 0 Å². The zero-order chi connectivity index (χ0) is 17.9. The number of nitrogens with one attached hydrogen (secondary N) is 1. The third-order valence-electron chi connectivity index (χ3n) is 6.03. The minimum absolute atomic E-state index is 0.178. The fraction of sp³-hybridized carbons (Fsp3) is 0.650. The highest BCUT2D eigenvalue weighted by molar-refractivity contribution is 5.78. The van der Waals surface area contributed by atoms with Gasteiger partial charge in [-0.1, -0.05) is 12.1 Å². The lowest BCUT2D eigenvalue weighted by atomic mass is 9.95. The first kappa shape index (κ1) is 17.9. The van der Waals surface area contributed by atoms with Crippen molar-refractivity contribution in [1.82, 2.24) is 20.0 Å². The SMILES string of the molecule is O=C(CN1C[C@H]2CC[C@@H]1CN(Cc1ccc(F)cc1)C2)N1CCNCC1. The van der Waals surface area contributed by atoms with Crippen molar-refractivity contribution in [2.24, 2.45) is 5.92 Å². The van der Waals surface area contributed by atoms with Crippen LogP contribution in [0.3, 0.4) is 0 Å². The van der Waals surface area contributed by atoms with E-state index in [0.717, 1.165) is 57.9 Å². The zero-order valence-corrected chi connectivity index (χ0v) is 15.4. The Hall–Kier alpha value is -1.50. The summed E-state index contributed by atoms with van der Waals surface area (Å²) in [7, 11) is 0. The van der Waals surface area contributed by atoms with Crippen molar-refractivity contribution in [2.75, 3.05) is 52.4 Å². The minimum Gasteiger partial charge on any atom is -0.339 e. The van der Waals surface area contributed by atoms with Crippen LogP contribution in [0.25, 0.3) is 0 Å². The standard InChI is InChI=1S/C20H29FN4O/c21-18-4-1-16(2-5-18)11-23-12-17-3-6-19(14-23)25(13-17)15-20(26)24-9-7-22-8-10-24/h1-2,4-5,17,19,22H,3,6-15H2/t17-,19+/m0/s1. The van der Waals surface area contributed by atoms with Crippen molar-refractivity contribution in [2.45, 2.75) is 25.4 Å². The Bertz CT molecular complexity index is 617. The molecule has 0 radical (unpaired) electrons. The molecular weight excluding hydrogens is 331 g/mol. The van der Waals surface area contributed by atoms with Gasteiger partial charge in [0.05, 0.1) is 6.54 Å². The molecule has 0 aromatic heterocycles. The van der Waals surface area contributed by atoms with Gasteiger partial charge in [0.15, 0.2) is 0 Å². The molecule has 5 rings (SSSR count). The van der Waals surface area contributed by atoms with Gasteiger partial charge in [-0.15, -0.1) is 0 Å². The lowest BCUT2D eigenvalue weighted by Crippen LogP contribution is -2.53. The quantitative estimate of drug-likeness (QED) is 0.875. The van der Waals surface area contributed by atoms with Gasteiger partial charge < -0.3 is 10.2 Å². The van der Waals surface area contributed by atoms with Gasteiger partial charge in [-0.2, -0.15) is 0 Å². The number of halogens is 1. The van der Waals surface area contributed by atoms with Gasteiger partial charge in [-0.3, -0.25) is 14.6 Å². The van der Waals surface area contributed by atoms with E-state index in [2.05, 4.69) is 15.1 Å². The fourth-order valence-corrected chi connectivity index (χ4v) is 4.63. The number of rotatable bonds is 4. The molecule has 2 atom stereocenters. The van der Waals surface area contributed by atoms with Crippen LogP contribution in [0.2, 0.25) is 0 Å². The number of carbonyl (C=O) groups excluding carboxylic acids is 1. The average molecular weight is 360 g/mol. The van der Waals surface area contributed by atoms with Gasteiger partial charge >= 0.3 is 0 Å². The third-order valence-corrected chi connectivity index (χ3v) is 6.03. The minimum atomic E-state index is -0.178. The predicted molar refractivity (Wildman–Crippen MR) is 99.2 cm³/mol. The molecule has 1 aromatic carbocycles. The molecule has 0 spiro atoms. The summed E-state index contributed by atoms with van der Waals surface area (Å²) in [5.41, 5.74) is 1.16.